The van der Waals surface area contributed by atoms with E-state index in [2.05, 4.69) is 56.4 Å². The van der Waals surface area contributed by atoms with Crippen molar-refractivity contribution in [2.75, 3.05) is 31.7 Å². The molecule has 1 N–H and O–H groups in total. The number of aliphatic hydroxyl groups excluding tert-OH is 1. The maximum Gasteiger partial charge on any atom is 0.227 e. The van der Waals surface area contributed by atoms with E-state index in [1.54, 1.807) is 7.11 Å². The van der Waals surface area contributed by atoms with Gasteiger partial charge in [-0.25, -0.2) is 0 Å². The molecule has 5 rings (SSSR count). The molecule has 0 radical (unpaired) electrons. The number of hydrogen-bond donors (Lipinski definition) is 1. The van der Waals surface area contributed by atoms with Gasteiger partial charge in [-0.15, -0.1) is 0 Å². The van der Waals surface area contributed by atoms with Gasteiger partial charge in [-0.1, -0.05) is 49.5 Å². The third kappa shape index (κ3) is 6.25. The molecule has 222 valence electrons. The number of amides is 2. The van der Waals surface area contributed by atoms with Gasteiger partial charge in [0.25, 0.3) is 0 Å². The maximum absolute atomic E-state index is 13.5. The Morgan fingerprint density at radius 1 is 1.05 bits per heavy atom. The Balaban J connectivity index is 1.32. The molecule has 41 heavy (non-hydrogen) atoms. The second kappa shape index (κ2) is 12.7. The van der Waals surface area contributed by atoms with Crippen molar-refractivity contribution >= 4 is 30.8 Å². The minimum atomic E-state index is -2.06. The molecular formula is C33H46N2O5Si. The average molecular weight is 579 g/mol. The van der Waals surface area contributed by atoms with Crippen LogP contribution in [0.2, 0.25) is 18.6 Å². The lowest BCUT2D eigenvalue weighted by atomic mass is 9.95. The Morgan fingerprint density at radius 2 is 1.78 bits per heavy atom. The number of likely N-dealkylation sites (tertiary alicyclic amines) is 1. The highest BCUT2D eigenvalue weighted by atomic mass is 28.3. The Kier molecular flexibility index (Phi) is 9.21. The maximum atomic E-state index is 13.5. The molecule has 2 aromatic carbocycles. The SMILES string of the molecule is COc1ccc([Si](C)(C)[C@H]2[C@H](C)[C@H](CCc3ccc(N4CCCC4=O)cc3)O[C@@H]2CC(=O)N2CCC[C@H]2CO)cc1. The fraction of sp³-hybridized carbons (Fsp3) is 0.576. The molecule has 3 aliphatic rings. The molecule has 2 amide bonds. The number of methoxy groups -OCH3 is 1. The van der Waals surface area contributed by atoms with Crippen molar-refractivity contribution < 1.29 is 24.2 Å². The fourth-order valence-corrected chi connectivity index (χ4v) is 11.6. The van der Waals surface area contributed by atoms with E-state index >= 15 is 0 Å². The number of aliphatic hydroxyl groups is 1. The van der Waals surface area contributed by atoms with Crippen molar-refractivity contribution in [2.45, 2.75) is 88.8 Å². The van der Waals surface area contributed by atoms with Gasteiger partial charge in [-0.05, 0) is 73.4 Å². The summed E-state index contributed by atoms with van der Waals surface area (Å²) in [4.78, 5) is 29.4. The van der Waals surface area contributed by atoms with Crippen molar-refractivity contribution in [3.05, 3.63) is 54.1 Å². The fourth-order valence-electron chi connectivity index (χ4n) is 7.56. The van der Waals surface area contributed by atoms with Crippen molar-refractivity contribution in [3.63, 3.8) is 0 Å². The van der Waals surface area contributed by atoms with E-state index in [1.165, 1.54) is 10.8 Å². The van der Waals surface area contributed by atoms with Crippen molar-refractivity contribution in [3.8, 4) is 5.75 Å². The molecule has 3 heterocycles. The standard InChI is InChI=1S/C33H46N2O5Si/c1-23-29(18-11-24-9-12-25(13-10-24)34-20-6-8-31(34)37)40-30(21-32(38)35-19-5-7-26(35)22-36)33(23)41(3,4)28-16-14-27(39-2)15-17-28/h9-10,12-17,23,26,29-30,33,36H,5-8,11,18-22H2,1-4H3/t23-,26+,29+,30-,33+/m1/s1. The van der Waals surface area contributed by atoms with E-state index in [-0.39, 0.29) is 42.2 Å². The zero-order valence-corrected chi connectivity index (χ0v) is 26.1. The number of rotatable bonds is 10. The van der Waals surface area contributed by atoms with Crippen LogP contribution in [0.1, 0.15) is 51.0 Å². The van der Waals surface area contributed by atoms with Gasteiger partial charge in [-0.2, -0.15) is 0 Å². The second-order valence-electron chi connectivity index (χ2n) is 12.7. The smallest absolute Gasteiger partial charge is 0.227 e. The van der Waals surface area contributed by atoms with Crippen LogP contribution in [0.4, 0.5) is 5.69 Å². The van der Waals surface area contributed by atoms with Gasteiger partial charge in [0.05, 0.1) is 46.5 Å². The highest BCUT2D eigenvalue weighted by Crippen LogP contribution is 2.46. The molecule has 0 aliphatic carbocycles. The molecule has 2 aromatic rings. The van der Waals surface area contributed by atoms with E-state index in [0.717, 1.165) is 56.6 Å². The van der Waals surface area contributed by atoms with Gasteiger partial charge < -0.3 is 24.4 Å². The molecule has 3 fully saturated rings. The normalized spacial score (nSPS) is 26.7. The monoisotopic (exact) mass is 578 g/mol. The first-order valence-electron chi connectivity index (χ1n) is 15.3. The van der Waals surface area contributed by atoms with Gasteiger partial charge in [0.15, 0.2) is 0 Å². The summed E-state index contributed by atoms with van der Waals surface area (Å²) in [5.41, 5.74) is 2.50. The summed E-state index contributed by atoms with van der Waals surface area (Å²) in [6, 6.07) is 16.8. The lowest BCUT2D eigenvalue weighted by Crippen LogP contribution is -2.51. The van der Waals surface area contributed by atoms with Crippen LogP contribution in [0.25, 0.3) is 0 Å². The van der Waals surface area contributed by atoms with E-state index in [1.807, 2.05) is 21.9 Å². The Labute approximate surface area is 245 Å². The van der Waals surface area contributed by atoms with Crippen molar-refractivity contribution in [1.29, 1.82) is 0 Å². The van der Waals surface area contributed by atoms with Gasteiger partial charge >= 0.3 is 0 Å². The molecule has 3 aliphatic heterocycles. The summed E-state index contributed by atoms with van der Waals surface area (Å²) in [5.74, 6) is 1.48. The quantitative estimate of drug-likeness (QED) is 0.420. The lowest BCUT2D eigenvalue weighted by Gasteiger charge is -2.36. The van der Waals surface area contributed by atoms with Gasteiger partial charge in [0.2, 0.25) is 11.8 Å². The van der Waals surface area contributed by atoms with Crippen LogP contribution >= 0.6 is 0 Å². The van der Waals surface area contributed by atoms with Crippen LogP contribution in [-0.2, 0) is 20.7 Å². The first kappa shape index (κ1) is 29.8. The molecule has 0 saturated carbocycles. The van der Waals surface area contributed by atoms with E-state index in [0.29, 0.717) is 18.8 Å². The number of carbonyl (C=O) groups excluding carboxylic acids is 2. The van der Waals surface area contributed by atoms with Crippen LogP contribution in [0.15, 0.2) is 48.5 Å². The minimum Gasteiger partial charge on any atom is -0.497 e. The van der Waals surface area contributed by atoms with E-state index < -0.39 is 8.07 Å². The number of nitrogens with zero attached hydrogens (tertiary/aromatic N) is 2. The first-order valence-corrected chi connectivity index (χ1v) is 18.4. The summed E-state index contributed by atoms with van der Waals surface area (Å²) in [7, 11) is -0.369. The highest BCUT2D eigenvalue weighted by molar-refractivity contribution is 6.91. The summed E-state index contributed by atoms with van der Waals surface area (Å²) in [5, 5.41) is 11.2. The minimum absolute atomic E-state index is 0.0243. The Morgan fingerprint density at radius 3 is 2.41 bits per heavy atom. The molecule has 0 aromatic heterocycles. The van der Waals surface area contributed by atoms with Gasteiger partial charge in [0.1, 0.15) is 5.75 Å². The second-order valence-corrected chi connectivity index (χ2v) is 17.4. The summed E-state index contributed by atoms with van der Waals surface area (Å²) >= 11 is 0. The Bertz CT molecular complexity index is 1200. The predicted octanol–water partition coefficient (Wildman–Crippen LogP) is 4.52. The number of anilines is 1. The third-order valence-corrected chi connectivity index (χ3v) is 14.3. The molecule has 3 saturated heterocycles. The van der Waals surface area contributed by atoms with Crippen LogP contribution < -0.4 is 14.8 Å². The summed E-state index contributed by atoms with van der Waals surface area (Å²) in [6.07, 6.45) is 5.45. The number of aryl methyl sites for hydroxylation is 1. The molecule has 7 nitrogen and oxygen atoms in total. The van der Waals surface area contributed by atoms with Crippen LogP contribution in [0, 0.1) is 5.92 Å². The molecule has 5 atom stereocenters. The topological polar surface area (TPSA) is 79.3 Å². The number of benzene rings is 2. The highest BCUT2D eigenvalue weighted by Gasteiger charge is 2.51. The van der Waals surface area contributed by atoms with Crippen molar-refractivity contribution in [2.24, 2.45) is 5.92 Å². The molecular weight excluding hydrogens is 532 g/mol. The molecule has 0 unspecified atom stereocenters. The zero-order chi connectivity index (χ0) is 29.1. The van der Waals surface area contributed by atoms with Gasteiger partial charge in [0, 0.05) is 25.2 Å². The molecule has 0 spiro atoms. The van der Waals surface area contributed by atoms with Crippen LogP contribution in [-0.4, -0.2) is 75.0 Å². The lowest BCUT2D eigenvalue weighted by molar-refractivity contribution is -0.135. The predicted molar refractivity (Wildman–Crippen MR) is 164 cm³/mol. The summed E-state index contributed by atoms with van der Waals surface area (Å²) in [6.45, 7) is 8.67. The number of carbonyl (C=O) groups is 2. The summed E-state index contributed by atoms with van der Waals surface area (Å²) < 4.78 is 12.2. The van der Waals surface area contributed by atoms with Crippen molar-refractivity contribution in [1.82, 2.24) is 4.90 Å². The van der Waals surface area contributed by atoms with Gasteiger partial charge in [-0.3, -0.25) is 9.59 Å². The molecule has 8 heteroatoms. The third-order valence-electron chi connectivity index (χ3n) is 9.89. The van der Waals surface area contributed by atoms with E-state index in [9.17, 15) is 14.7 Å². The number of ether oxygens (including phenoxy) is 2. The van der Waals surface area contributed by atoms with Crippen LogP contribution in [0.5, 0.6) is 5.75 Å². The number of hydrogen-bond acceptors (Lipinski definition) is 5. The first-order chi connectivity index (χ1) is 19.7. The largest absolute Gasteiger partial charge is 0.497 e. The average Bonchev–Trinajstić information content (AvgIpc) is 3.71. The van der Waals surface area contributed by atoms with E-state index in [4.69, 9.17) is 9.47 Å². The Hall–Kier alpha value is -2.68. The molecule has 0 bridgehead atoms. The van der Waals surface area contributed by atoms with Crippen LogP contribution in [0.3, 0.4) is 0 Å². The zero-order valence-electron chi connectivity index (χ0n) is 25.1.